The molecule has 1 aromatic carbocycles. The van der Waals surface area contributed by atoms with E-state index in [0.29, 0.717) is 12.3 Å². The molecule has 0 bridgehead atoms. The number of H-pyrrole nitrogens is 1. The Labute approximate surface area is 118 Å². The molecule has 0 spiro atoms. The first-order valence-corrected chi connectivity index (χ1v) is 7.20. The van der Waals surface area contributed by atoms with E-state index in [1.807, 2.05) is 23.2 Å². The molecular weight excluding hydrogens is 252 g/mol. The van der Waals surface area contributed by atoms with Crippen LogP contribution in [0.4, 0.5) is 0 Å². The number of nitrogens with zero attached hydrogens (tertiary/aromatic N) is 1. The number of carbonyl (C=O) groups is 1. The number of likely N-dealkylation sites (tertiary alicyclic amines) is 1. The SMILES string of the molecule is COc1ccc2[nH]cc(CCN3CCCCC3=O)c2c1. The van der Waals surface area contributed by atoms with Gasteiger partial charge in [-0.1, -0.05) is 0 Å². The minimum absolute atomic E-state index is 0.300. The van der Waals surface area contributed by atoms with Crippen molar-refractivity contribution in [2.75, 3.05) is 20.2 Å². The molecular formula is C16H20N2O2. The smallest absolute Gasteiger partial charge is 0.222 e. The maximum Gasteiger partial charge on any atom is 0.222 e. The highest BCUT2D eigenvalue weighted by atomic mass is 16.5. The molecule has 20 heavy (non-hydrogen) atoms. The topological polar surface area (TPSA) is 45.3 Å². The predicted molar refractivity (Wildman–Crippen MR) is 79.0 cm³/mol. The van der Waals surface area contributed by atoms with Gasteiger partial charge in [0.2, 0.25) is 5.91 Å². The van der Waals surface area contributed by atoms with Crippen molar-refractivity contribution >= 4 is 16.8 Å². The molecule has 0 saturated carbocycles. The quantitative estimate of drug-likeness (QED) is 0.930. The van der Waals surface area contributed by atoms with Crippen LogP contribution in [0, 0.1) is 0 Å². The number of aromatic amines is 1. The van der Waals surface area contributed by atoms with E-state index < -0.39 is 0 Å². The van der Waals surface area contributed by atoms with E-state index >= 15 is 0 Å². The van der Waals surface area contributed by atoms with Gasteiger partial charge < -0.3 is 14.6 Å². The monoisotopic (exact) mass is 272 g/mol. The number of carbonyl (C=O) groups excluding carboxylic acids is 1. The van der Waals surface area contributed by atoms with Gasteiger partial charge in [-0.3, -0.25) is 4.79 Å². The lowest BCUT2D eigenvalue weighted by Gasteiger charge is -2.26. The first-order valence-electron chi connectivity index (χ1n) is 7.20. The Balaban J connectivity index is 1.75. The van der Waals surface area contributed by atoms with Crippen LogP contribution in [0.1, 0.15) is 24.8 Å². The Bertz CT molecular complexity index is 618. The van der Waals surface area contributed by atoms with E-state index in [2.05, 4.69) is 11.1 Å². The third-order valence-corrected chi connectivity index (χ3v) is 4.05. The molecule has 4 nitrogen and oxygen atoms in total. The van der Waals surface area contributed by atoms with Gasteiger partial charge in [0.25, 0.3) is 0 Å². The largest absolute Gasteiger partial charge is 0.497 e. The Morgan fingerprint density at radius 2 is 2.25 bits per heavy atom. The molecule has 1 aromatic heterocycles. The molecule has 106 valence electrons. The number of rotatable bonds is 4. The molecule has 1 saturated heterocycles. The summed E-state index contributed by atoms with van der Waals surface area (Å²) in [5, 5.41) is 1.19. The fourth-order valence-corrected chi connectivity index (χ4v) is 2.84. The van der Waals surface area contributed by atoms with Gasteiger partial charge in [0, 0.05) is 36.6 Å². The lowest BCUT2D eigenvalue weighted by molar-refractivity contribution is -0.133. The summed E-state index contributed by atoms with van der Waals surface area (Å²) in [6.07, 6.45) is 5.81. The first kappa shape index (κ1) is 13.0. The predicted octanol–water partition coefficient (Wildman–Crippen LogP) is 2.73. The molecule has 1 aliphatic heterocycles. The Morgan fingerprint density at radius 1 is 1.35 bits per heavy atom. The average Bonchev–Trinajstić information content (AvgIpc) is 2.88. The highest BCUT2D eigenvalue weighted by Crippen LogP contribution is 2.24. The van der Waals surface area contributed by atoms with Crippen LogP contribution in [0.5, 0.6) is 5.75 Å². The van der Waals surface area contributed by atoms with Crippen molar-refractivity contribution in [2.24, 2.45) is 0 Å². The van der Waals surface area contributed by atoms with Crippen LogP contribution in [-0.2, 0) is 11.2 Å². The number of aromatic nitrogens is 1. The van der Waals surface area contributed by atoms with Crippen molar-refractivity contribution < 1.29 is 9.53 Å². The minimum Gasteiger partial charge on any atom is -0.497 e. The van der Waals surface area contributed by atoms with Crippen molar-refractivity contribution in [2.45, 2.75) is 25.7 Å². The standard InChI is InChI=1S/C16H20N2O2/c1-20-13-5-6-15-14(10-13)12(11-17-15)7-9-18-8-3-2-4-16(18)19/h5-6,10-11,17H,2-4,7-9H2,1H3. The van der Waals surface area contributed by atoms with E-state index in [0.717, 1.165) is 43.6 Å². The molecule has 2 aromatic rings. The van der Waals surface area contributed by atoms with Crippen molar-refractivity contribution in [1.29, 1.82) is 0 Å². The zero-order valence-electron chi connectivity index (χ0n) is 11.8. The molecule has 1 N–H and O–H groups in total. The zero-order chi connectivity index (χ0) is 13.9. The normalized spacial score (nSPS) is 15.8. The maximum atomic E-state index is 11.8. The Morgan fingerprint density at radius 3 is 3.05 bits per heavy atom. The lowest BCUT2D eigenvalue weighted by Crippen LogP contribution is -2.36. The van der Waals surface area contributed by atoms with Crippen LogP contribution in [0.2, 0.25) is 0 Å². The van der Waals surface area contributed by atoms with Crippen LogP contribution >= 0.6 is 0 Å². The summed E-state index contributed by atoms with van der Waals surface area (Å²) in [7, 11) is 1.68. The molecule has 0 unspecified atom stereocenters. The zero-order valence-corrected chi connectivity index (χ0v) is 11.8. The van der Waals surface area contributed by atoms with Crippen LogP contribution in [0.25, 0.3) is 10.9 Å². The molecule has 1 fully saturated rings. The third kappa shape index (κ3) is 2.50. The van der Waals surface area contributed by atoms with Gasteiger partial charge in [-0.15, -0.1) is 0 Å². The molecule has 1 aliphatic rings. The number of piperidine rings is 1. The fraction of sp³-hybridized carbons (Fsp3) is 0.438. The second-order valence-electron chi connectivity index (χ2n) is 5.31. The number of benzene rings is 1. The van der Waals surface area contributed by atoms with Crippen LogP contribution in [0.3, 0.4) is 0 Å². The van der Waals surface area contributed by atoms with E-state index in [-0.39, 0.29) is 0 Å². The number of amides is 1. The van der Waals surface area contributed by atoms with Gasteiger partial charge in [0.1, 0.15) is 5.75 Å². The number of hydrogen-bond acceptors (Lipinski definition) is 2. The van der Waals surface area contributed by atoms with Crippen molar-refractivity contribution in [3.05, 3.63) is 30.0 Å². The summed E-state index contributed by atoms with van der Waals surface area (Å²) in [6, 6.07) is 6.04. The number of hydrogen-bond donors (Lipinski definition) is 1. The second kappa shape index (κ2) is 5.57. The molecule has 0 aliphatic carbocycles. The average molecular weight is 272 g/mol. The van der Waals surface area contributed by atoms with E-state index in [4.69, 9.17) is 4.74 Å². The van der Waals surface area contributed by atoms with Gasteiger partial charge in [-0.2, -0.15) is 0 Å². The van der Waals surface area contributed by atoms with Gasteiger partial charge in [-0.05, 0) is 43.0 Å². The Hall–Kier alpha value is -1.97. The fourth-order valence-electron chi connectivity index (χ4n) is 2.84. The highest BCUT2D eigenvalue weighted by molar-refractivity contribution is 5.84. The summed E-state index contributed by atoms with van der Waals surface area (Å²) >= 11 is 0. The summed E-state index contributed by atoms with van der Waals surface area (Å²) in [6.45, 7) is 1.72. The van der Waals surface area contributed by atoms with E-state index in [1.165, 1.54) is 10.9 Å². The number of methoxy groups -OCH3 is 1. The number of ether oxygens (including phenoxy) is 1. The molecule has 4 heteroatoms. The maximum absolute atomic E-state index is 11.8. The summed E-state index contributed by atoms with van der Waals surface area (Å²) in [4.78, 5) is 17.1. The van der Waals surface area contributed by atoms with Crippen LogP contribution < -0.4 is 4.74 Å². The van der Waals surface area contributed by atoms with Gasteiger partial charge in [0.15, 0.2) is 0 Å². The Kier molecular flexibility index (Phi) is 3.63. The van der Waals surface area contributed by atoms with Crippen molar-refractivity contribution in [1.82, 2.24) is 9.88 Å². The van der Waals surface area contributed by atoms with E-state index in [1.54, 1.807) is 7.11 Å². The summed E-state index contributed by atoms with van der Waals surface area (Å²) < 4.78 is 5.28. The van der Waals surface area contributed by atoms with Crippen molar-refractivity contribution in [3.8, 4) is 5.75 Å². The molecule has 0 radical (unpaired) electrons. The van der Waals surface area contributed by atoms with Crippen LogP contribution in [-0.4, -0.2) is 36.0 Å². The lowest BCUT2D eigenvalue weighted by atomic mass is 10.1. The second-order valence-corrected chi connectivity index (χ2v) is 5.31. The number of nitrogens with one attached hydrogen (secondary N) is 1. The van der Waals surface area contributed by atoms with Crippen molar-refractivity contribution in [3.63, 3.8) is 0 Å². The minimum atomic E-state index is 0.300. The number of fused-ring (bicyclic) bond motifs is 1. The molecule has 0 atom stereocenters. The third-order valence-electron chi connectivity index (χ3n) is 4.05. The van der Waals surface area contributed by atoms with Gasteiger partial charge in [0.05, 0.1) is 7.11 Å². The van der Waals surface area contributed by atoms with Gasteiger partial charge in [-0.25, -0.2) is 0 Å². The van der Waals surface area contributed by atoms with Crippen LogP contribution in [0.15, 0.2) is 24.4 Å². The van der Waals surface area contributed by atoms with Gasteiger partial charge >= 0.3 is 0 Å². The molecule has 1 amide bonds. The van der Waals surface area contributed by atoms with E-state index in [9.17, 15) is 4.79 Å². The highest BCUT2D eigenvalue weighted by Gasteiger charge is 2.17. The summed E-state index contributed by atoms with van der Waals surface area (Å²) in [5.41, 5.74) is 2.36. The first-order chi connectivity index (χ1) is 9.78. The molecule has 2 heterocycles. The molecule has 3 rings (SSSR count). The summed E-state index contributed by atoms with van der Waals surface area (Å²) in [5.74, 6) is 1.17.